The van der Waals surface area contributed by atoms with Crippen LogP contribution in [-0.2, 0) is 13.8 Å². The van der Waals surface area contributed by atoms with E-state index in [-0.39, 0.29) is 23.3 Å². The van der Waals surface area contributed by atoms with E-state index in [1.807, 2.05) is 11.8 Å². The molecule has 1 N–H and O–H groups in total. The Morgan fingerprint density at radius 1 is 1.69 bits per heavy atom. The van der Waals surface area contributed by atoms with E-state index in [0.717, 1.165) is 18.6 Å². The van der Waals surface area contributed by atoms with Crippen LogP contribution >= 0.6 is 12.0 Å². The maximum absolute atomic E-state index is 11.3. The van der Waals surface area contributed by atoms with Gasteiger partial charge in [-0.1, -0.05) is 13.8 Å². The molecular formula is C10H16N2O3S. The number of carbonyl (C=O) groups is 2. The van der Waals surface area contributed by atoms with Crippen LogP contribution < -0.4 is 5.32 Å². The van der Waals surface area contributed by atoms with Gasteiger partial charge >= 0.3 is 5.97 Å². The van der Waals surface area contributed by atoms with E-state index < -0.39 is 0 Å². The molecule has 6 heteroatoms. The van der Waals surface area contributed by atoms with Crippen molar-refractivity contribution in [3.05, 3.63) is 12.3 Å². The van der Waals surface area contributed by atoms with Gasteiger partial charge in [0.05, 0.1) is 5.92 Å². The Hall–Kier alpha value is -1.17. The first-order valence-electron chi connectivity index (χ1n) is 5.16. The summed E-state index contributed by atoms with van der Waals surface area (Å²) in [5, 5.41) is 2.70. The Bertz CT molecular complexity index is 304. The van der Waals surface area contributed by atoms with E-state index in [9.17, 15) is 9.59 Å². The third kappa shape index (κ3) is 3.44. The first-order valence-corrected chi connectivity index (χ1v) is 5.96. The molecule has 0 saturated carbocycles. The number of nitrogens with zero attached hydrogens (tertiary/aromatic N) is 1. The van der Waals surface area contributed by atoms with Crippen LogP contribution in [0.2, 0.25) is 0 Å². The van der Waals surface area contributed by atoms with Crippen LogP contribution in [0.5, 0.6) is 0 Å². The summed E-state index contributed by atoms with van der Waals surface area (Å²) in [4.78, 5) is 24.3. The van der Waals surface area contributed by atoms with Gasteiger partial charge in [-0.2, -0.15) is 0 Å². The van der Waals surface area contributed by atoms with Crippen molar-refractivity contribution in [3.8, 4) is 0 Å². The molecule has 16 heavy (non-hydrogen) atoms. The fourth-order valence-electron chi connectivity index (χ4n) is 1.03. The van der Waals surface area contributed by atoms with Crippen LogP contribution in [0.1, 0.15) is 20.8 Å². The molecule has 1 aliphatic rings. The number of carbonyl (C=O) groups excluding carboxylic acids is 2. The Labute approximate surface area is 99.4 Å². The second kappa shape index (κ2) is 5.79. The van der Waals surface area contributed by atoms with E-state index in [4.69, 9.17) is 4.18 Å². The largest absolute Gasteiger partial charge is 0.387 e. The summed E-state index contributed by atoms with van der Waals surface area (Å²) < 4.78 is 5.01. The molecule has 90 valence electrons. The monoisotopic (exact) mass is 244 g/mol. The lowest BCUT2D eigenvalue weighted by atomic mass is 10.2. The molecule has 0 aromatic carbocycles. The Morgan fingerprint density at radius 3 is 2.94 bits per heavy atom. The highest BCUT2D eigenvalue weighted by Crippen LogP contribution is 2.19. The maximum Gasteiger partial charge on any atom is 0.320 e. The molecule has 5 nitrogen and oxygen atoms in total. The quantitative estimate of drug-likeness (QED) is 0.750. The number of nitrogens with one attached hydrogen (secondary N) is 1. The molecule has 1 amide bonds. The summed E-state index contributed by atoms with van der Waals surface area (Å²) in [6.45, 7) is 6.22. The number of rotatable bonds is 4. The highest BCUT2D eigenvalue weighted by atomic mass is 32.2. The Balaban J connectivity index is 2.49. The fourth-order valence-corrected chi connectivity index (χ4v) is 1.91. The van der Waals surface area contributed by atoms with E-state index in [2.05, 4.69) is 5.32 Å². The highest BCUT2D eigenvalue weighted by molar-refractivity contribution is 7.95. The van der Waals surface area contributed by atoms with Crippen molar-refractivity contribution in [3.63, 3.8) is 0 Å². The second-order valence-electron chi connectivity index (χ2n) is 3.66. The van der Waals surface area contributed by atoms with Gasteiger partial charge in [0.25, 0.3) is 0 Å². The zero-order valence-electron chi connectivity index (χ0n) is 9.60. The molecule has 1 unspecified atom stereocenters. The first kappa shape index (κ1) is 12.9. The molecular weight excluding hydrogens is 228 g/mol. The number of hydrogen-bond donors (Lipinski definition) is 1. The molecule has 0 saturated heterocycles. The molecule has 1 heterocycles. The van der Waals surface area contributed by atoms with Gasteiger partial charge in [0, 0.05) is 18.8 Å². The zero-order valence-corrected chi connectivity index (χ0v) is 10.4. The van der Waals surface area contributed by atoms with E-state index in [1.54, 1.807) is 20.0 Å². The summed E-state index contributed by atoms with van der Waals surface area (Å²) in [5.74, 6) is -0.634. The third-order valence-electron chi connectivity index (χ3n) is 2.04. The lowest BCUT2D eigenvalue weighted by Crippen LogP contribution is -2.46. The van der Waals surface area contributed by atoms with Crippen molar-refractivity contribution >= 4 is 23.9 Å². The molecule has 0 bridgehead atoms. The van der Waals surface area contributed by atoms with Crippen molar-refractivity contribution in [2.24, 2.45) is 5.92 Å². The van der Waals surface area contributed by atoms with Crippen LogP contribution in [0, 0.1) is 5.92 Å². The second-order valence-corrected chi connectivity index (χ2v) is 4.47. The normalized spacial score (nSPS) is 19.9. The van der Waals surface area contributed by atoms with Gasteiger partial charge in [0.1, 0.15) is 12.0 Å². The topological polar surface area (TPSA) is 58.6 Å². The van der Waals surface area contributed by atoms with Crippen molar-refractivity contribution in [1.29, 1.82) is 0 Å². The molecule has 0 aromatic rings. The molecule has 0 radical (unpaired) electrons. The standard InChI is InChI=1S/C10H16N2O3S/c1-4-12-6-5-8(13)11-10(12)16-15-9(14)7(2)3/h5-7,10H,4H2,1-3H3,(H,11,13). The minimum atomic E-state index is -0.342. The van der Waals surface area contributed by atoms with Gasteiger partial charge in [-0.15, -0.1) is 0 Å². The Kier molecular flexibility index (Phi) is 4.67. The lowest BCUT2D eigenvalue weighted by Gasteiger charge is -2.30. The van der Waals surface area contributed by atoms with E-state index in [0.29, 0.717) is 0 Å². The van der Waals surface area contributed by atoms with Crippen molar-refractivity contribution < 1.29 is 13.8 Å². The summed E-state index contributed by atoms with van der Waals surface area (Å²) in [6, 6.07) is 0. The molecule has 0 fully saturated rings. The molecule has 1 aliphatic heterocycles. The highest BCUT2D eigenvalue weighted by Gasteiger charge is 2.23. The molecule has 0 aliphatic carbocycles. The van der Waals surface area contributed by atoms with Gasteiger partial charge in [0.2, 0.25) is 5.91 Å². The summed E-state index contributed by atoms with van der Waals surface area (Å²) in [6.07, 6.45) is 3.14. The van der Waals surface area contributed by atoms with Gasteiger partial charge in [-0.3, -0.25) is 9.59 Å². The fraction of sp³-hybridized carbons (Fsp3) is 0.600. The van der Waals surface area contributed by atoms with Gasteiger partial charge in [-0.05, 0) is 6.92 Å². The minimum Gasteiger partial charge on any atom is -0.387 e. The molecule has 0 aromatic heterocycles. The van der Waals surface area contributed by atoms with E-state index >= 15 is 0 Å². The average molecular weight is 244 g/mol. The summed E-state index contributed by atoms with van der Waals surface area (Å²) >= 11 is 0.963. The molecule has 1 rings (SSSR count). The lowest BCUT2D eigenvalue weighted by molar-refractivity contribution is -0.136. The van der Waals surface area contributed by atoms with Crippen LogP contribution in [0.4, 0.5) is 0 Å². The van der Waals surface area contributed by atoms with Crippen LogP contribution in [-0.4, -0.2) is 28.8 Å². The number of hydrogen-bond acceptors (Lipinski definition) is 5. The maximum atomic E-state index is 11.3. The van der Waals surface area contributed by atoms with Crippen molar-refractivity contribution in [2.45, 2.75) is 26.3 Å². The van der Waals surface area contributed by atoms with Gasteiger partial charge < -0.3 is 14.4 Å². The SMILES string of the molecule is CCN1C=CC(=O)NC1SOC(=O)C(C)C. The van der Waals surface area contributed by atoms with Gasteiger partial charge in [-0.25, -0.2) is 0 Å². The first-order chi connectivity index (χ1) is 7.54. The molecule has 1 atom stereocenters. The predicted octanol–water partition coefficient (Wildman–Crippen LogP) is 1.08. The summed E-state index contributed by atoms with van der Waals surface area (Å²) in [5.41, 5.74) is -0.342. The average Bonchev–Trinajstić information content (AvgIpc) is 2.25. The van der Waals surface area contributed by atoms with E-state index in [1.165, 1.54) is 6.08 Å². The minimum absolute atomic E-state index is 0.169. The zero-order chi connectivity index (χ0) is 12.1. The molecule has 0 spiro atoms. The predicted molar refractivity (Wildman–Crippen MR) is 62.0 cm³/mol. The smallest absolute Gasteiger partial charge is 0.320 e. The van der Waals surface area contributed by atoms with Crippen molar-refractivity contribution in [2.75, 3.05) is 6.54 Å². The van der Waals surface area contributed by atoms with Crippen molar-refractivity contribution in [1.82, 2.24) is 10.2 Å². The summed E-state index contributed by atoms with van der Waals surface area (Å²) in [7, 11) is 0. The number of amides is 1. The van der Waals surface area contributed by atoms with Crippen LogP contribution in [0.25, 0.3) is 0 Å². The van der Waals surface area contributed by atoms with Crippen LogP contribution in [0.3, 0.4) is 0 Å². The third-order valence-corrected chi connectivity index (χ3v) is 2.87. The Morgan fingerprint density at radius 2 is 2.38 bits per heavy atom. The van der Waals surface area contributed by atoms with Gasteiger partial charge in [0.15, 0.2) is 5.50 Å². The van der Waals surface area contributed by atoms with Crippen LogP contribution in [0.15, 0.2) is 12.3 Å².